The Labute approximate surface area is 146 Å². The minimum Gasteiger partial charge on any atom is -0.394 e. The molecular weight excluding hydrogens is 300 g/mol. The fourth-order valence-corrected chi connectivity index (χ4v) is 8.04. The van der Waals surface area contributed by atoms with Gasteiger partial charge in [-0.3, -0.25) is 0 Å². The summed E-state index contributed by atoms with van der Waals surface area (Å²) in [6.07, 6.45) is 10.0. The van der Waals surface area contributed by atoms with E-state index in [-0.39, 0.29) is 24.0 Å². The second kappa shape index (κ2) is 5.96. The molecule has 4 rings (SSSR count). The van der Waals surface area contributed by atoms with Crippen LogP contribution in [0.15, 0.2) is 0 Å². The van der Waals surface area contributed by atoms with Crippen LogP contribution in [0.3, 0.4) is 0 Å². The van der Waals surface area contributed by atoms with E-state index in [1.807, 2.05) is 0 Å². The summed E-state index contributed by atoms with van der Waals surface area (Å²) >= 11 is 0. The lowest BCUT2D eigenvalue weighted by Crippen LogP contribution is -2.54. The summed E-state index contributed by atoms with van der Waals surface area (Å²) in [5.74, 6) is 3.34. The largest absolute Gasteiger partial charge is 0.394 e. The summed E-state index contributed by atoms with van der Waals surface area (Å²) in [6, 6.07) is 0. The molecule has 0 heterocycles. The van der Waals surface area contributed by atoms with Crippen LogP contribution >= 0.6 is 0 Å². The number of hydrogen-bond donors (Lipinski definition) is 3. The van der Waals surface area contributed by atoms with Gasteiger partial charge in [-0.1, -0.05) is 13.8 Å². The van der Waals surface area contributed by atoms with E-state index in [2.05, 4.69) is 13.8 Å². The number of hydrogen-bond acceptors (Lipinski definition) is 3. The van der Waals surface area contributed by atoms with E-state index in [0.29, 0.717) is 11.3 Å². The van der Waals surface area contributed by atoms with Crippen molar-refractivity contribution in [3.63, 3.8) is 0 Å². The predicted octanol–water partition coefficient (Wildman–Crippen LogP) is 3.36. The zero-order chi connectivity index (χ0) is 17.1. The second-order valence-electron chi connectivity index (χ2n) is 10.1. The fraction of sp³-hybridized carbons (Fsp3) is 1.00. The van der Waals surface area contributed by atoms with Gasteiger partial charge in [0.15, 0.2) is 0 Å². The Morgan fingerprint density at radius 1 is 0.917 bits per heavy atom. The normalized spacial score (nSPS) is 55.4. The Morgan fingerprint density at radius 3 is 2.38 bits per heavy atom. The Balaban J connectivity index is 1.59. The molecular formula is C21H36O3. The molecule has 3 nitrogen and oxygen atoms in total. The fourth-order valence-electron chi connectivity index (χ4n) is 8.04. The Hall–Kier alpha value is -0.120. The highest BCUT2D eigenvalue weighted by Gasteiger charge is 2.60. The van der Waals surface area contributed by atoms with Gasteiger partial charge in [0.1, 0.15) is 0 Å². The van der Waals surface area contributed by atoms with Crippen molar-refractivity contribution in [3.8, 4) is 0 Å². The molecule has 0 amide bonds. The first-order valence-electron chi connectivity index (χ1n) is 10.4. The molecule has 4 saturated carbocycles. The smallest absolute Gasteiger partial charge is 0.0804 e. The van der Waals surface area contributed by atoms with Crippen LogP contribution in [0.2, 0.25) is 0 Å². The van der Waals surface area contributed by atoms with Crippen LogP contribution < -0.4 is 0 Å². The van der Waals surface area contributed by atoms with E-state index < -0.39 is 6.10 Å². The van der Waals surface area contributed by atoms with Crippen LogP contribution in [0.1, 0.15) is 71.6 Å². The lowest BCUT2D eigenvalue weighted by molar-refractivity contribution is -0.134. The molecule has 24 heavy (non-hydrogen) atoms. The first kappa shape index (κ1) is 17.3. The number of aliphatic hydroxyl groups excluding tert-OH is 3. The lowest BCUT2D eigenvalue weighted by atomic mass is 9.44. The molecule has 3 N–H and O–H groups in total. The number of fused-ring (bicyclic) bond motifs is 5. The van der Waals surface area contributed by atoms with E-state index in [9.17, 15) is 15.3 Å². The first-order valence-corrected chi connectivity index (χ1v) is 10.4. The van der Waals surface area contributed by atoms with E-state index in [4.69, 9.17) is 0 Å². The average molecular weight is 337 g/mol. The molecule has 8 unspecified atom stereocenters. The molecule has 0 aromatic rings. The van der Waals surface area contributed by atoms with Crippen LogP contribution in [-0.2, 0) is 0 Å². The topological polar surface area (TPSA) is 60.7 Å². The van der Waals surface area contributed by atoms with Crippen molar-refractivity contribution in [3.05, 3.63) is 0 Å². The molecule has 3 heteroatoms. The second-order valence-corrected chi connectivity index (χ2v) is 10.1. The third-order valence-electron chi connectivity index (χ3n) is 9.36. The van der Waals surface area contributed by atoms with Gasteiger partial charge in [0, 0.05) is 0 Å². The Kier molecular flexibility index (Phi) is 4.29. The summed E-state index contributed by atoms with van der Waals surface area (Å²) < 4.78 is 0. The molecule has 4 fully saturated rings. The molecule has 0 aliphatic heterocycles. The first-order chi connectivity index (χ1) is 11.4. The molecule has 4 aliphatic rings. The highest BCUT2D eigenvalue weighted by Crippen LogP contribution is 2.67. The predicted molar refractivity (Wildman–Crippen MR) is 94.3 cm³/mol. The number of aliphatic hydroxyl groups is 3. The van der Waals surface area contributed by atoms with E-state index >= 15 is 0 Å². The SMILES string of the molecule is CC12CCC(O)CC1CCC1C2CC[C@]2(C)C(C(O)CO)CCC12. The molecule has 0 spiro atoms. The van der Waals surface area contributed by atoms with Gasteiger partial charge in [-0.2, -0.15) is 0 Å². The maximum atomic E-state index is 10.3. The van der Waals surface area contributed by atoms with Gasteiger partial charge in [0.25, 0.3) is 0 Å². The quantitative estimate of drug-likeness (QED) is 0.724. The molecule has 0 saturated heterocycles. The van der Waals surface area contributed by atoms with Crippen LogP contribution in [0, 0.1) is 40.4 Å². The third kappa shape index (κ3) is 2.34. The van der Waals surface area contributed by atoms with E-state index in [0.717, 1.165) is 37.0 Å². The zero-order valence-electron chi connectivity index (χ0n) is 15.5. The molecule has 0 radical (unpaired) electrons. The van der Waals surface area contributed by atoms with E-state index in [1.165, 1.54) is 38.5 Å². The maximum Gasteiger partial charge on any atom is 0.0804 e. The van der Waals surface area contributed by atoms with Crippen LogP contribution in [0.25, 0.3) is 0 Å². The van der Waals surface area contributed by atoms with Gasteiger partial charge < -0.3 is 15.3 Å². The molecule has 138 valence electrons. The zero-order valence-corrected chi connectivity index (χ0v) is 15.5. The summed E-state index contributed by atoms with van der Waals surface area (Å²) in [5.41, 5.74) is 0.651. The van der Waals surface area contributed by atoms with E-state index in [1.54, 1.807) is 0 Å². The average Bonchev–Trinajstić information content (AvgIpc) is 2.92. The summed E-state index contributed by atoms with van der Waals surface area (Å²) in [5, 5.41) is 29.9. The lowest BCUT2D eigenvalue weighted by Gasteiger charge is -2.61. The number of rotatable bonds is 2. The van der Waals surface area contributed by atoms with Crippen molar-refractivity contribution in [2.45, 2.75) is 83.8 Å². The van der Waals surface area contributed by atoms with Gasteiger partial charge in [-0.25, -0.2) is 0 Å². The van der Waals surface area contributed by atoms with Crippen LogP contribution in [0.5, 0.6) is 0 Å². The minimum atomic E-state index is -0.534. The van der Waals surface area contributed by atoms with Gasteiger partial charge in [0.2, 0.25) is 0 Å². The van der Waals surface area contributed by atoms with Crippen LogP contribution in [-0.4, -0.2) is 34.1 Å². The maximum absolute atomic E-state index is 10.3. The van der Waals surface area contributed by atoms with Gasteiger partial charge in [0.05, 0.1) is 18.8 Å². The highest BCUT2D eigenvalue weighted by atomic mass is 16.3. The minimum absolute atomic E-state index is 0.0657. The third-order valence-corrected chi connectivity index (χ3v) is 9.36. The Morgan fingerprint density at radius 2 is 1.62 bits per heavy atom. The van der Waals surface area contributed by atoms with Crippen molar-refractivity contribution in [2.24, 2.45) is 40.4 Å². The van der Waals surface area contributed by atoms with Crippen molar-refractivity contribution in [1.82, 2.24) is 0 Å². The molecule has 4 aliphatic carbocycles. The van der Waals surface area contributed by atoms with Crippen molar-refractivity contribution in [1.29, 1.82) is 0 Å². The van der Waals surface area contributed by atoms with Crippen molar-refractivity contribution in [2.75, 3.05) is 6.61 Å². The summed E-state index contributed by atoms with van der Waals surface area (Å²) in [6.45, 7) is 4.85. The van der Waals surface area contributed by atoms with Gasteiger partial charge in [-0.05, 0) is 98.2 Å². The molecule has 0 aromatic carbocycles. The molecule has 9 atom stereocenters. The summed E-state index contributed by atoms with van der Waals surface area (Å²) in [7, 11) is 0. The highest BCUT2D eigenvalue weighted by molar-refractivity contribution is 5.10. The van der Waals surface area contributed by atoms with Gasteiger partial charge in [-0.15, -0.1) is 0 Å². The Bertz CT molecular complexity index is 480. The van der Waals surface area contributed by atoms with Crippen molar-refractivity contribution < 1.29 is 15.3 Å². The van der Waals surface area contributed by atoms with Crippen LogP contribution in [0.4, 0.5) is 0 Å². The summed E-state index contributed by atoms with van der Waals surface area (Å²) in [4.78, 5) is 0. The van der Waals surface area contributed by atoms with Crippen molar-refractivity contribution >= 4 is 0 Å². The molecule has 0 bridgehead atoms. The monoisotopic (exact) mass is 336 g/mol. The standard InChI is InChI=1S/C21H36O3/c1-20-9-7-14(23)11-13(20)3-4-15-16-5-6-18(19(24)12-22)21(16,2)10-8-17(15)20/h13-19,22-24H,3-12H2,1-2H3/t13?,14?,15?,16?,17?,18?,19?,20?,21-/m0/s1. The molecule has 0 aromatic heterocycles. The van der Waals surface area contributed by atoms with Gasteiger partial charge >= 0.3 is 0 Å².